The third kappa shape index (κ3) is 3.85. The molecular weight excluding hydrogens is 292 g/mol. The Morgan fingerprint density at radius 2 is 2.24 bits per heavy atom. The topological polar surface area (TPSA) is 127 Å². The van der Waals surface area contributed by atoms with Gasteiger partial charge in [-0.1, -0.05) is 23.1 Å². The van der Waals surface area contributed by atoms with Crippen molar-refractivity contribution in [2.75, 3.05) is 6.54 Å². The Labute approximate surface area is 122 Å². The maximum atomic E-state index is 12.3. The largest absolute Gasteiger partial charge is 0.320 e. The molecule has 0 saturated heterocycles. The monoisotopic (exact) mass is 306 g/mol. The predicted octanol–water partition coefficient (Wildman–Crippen LogP) is -0.703. The second-order valence-electron chi connectivity index (χ2n) is 4.14. The minimum atomic E-state index is -3.69. The number of aryl methyl sites for hydroxylation is 1. The highest BCUT2D eigenvalue weighted by Gasteiger charge is 2.17. The van der Waals surface area contributed by atoms with Gasteiger partial charge < -0.3 is 5.73 Å². The Morgan fingerprint density at radius 1 is 1.43 bits per heavy atom. The number of hydrogen-bond acceptors (Lipinski definition) is 6. The number of hydrogen-bond donors (Lipinski definition) is 3. The first-order valence-corrected chi connectivity index (χ1v) is 7.53. The predicted molar refractivity (Wildman–Crippen MR) is 75.3 cm³/mol. The van der Waals surface area contributed by atoms with Crippen molar-refractivity contribution in [2.24, 2.45) is 5.73 Å². The van der Waals surface area contributed by atoms with Gasteiger partial charge in [-0.2, -0.15) is 5.21 Å². The Morgan fingerprint density at radius 3 is 2.90 bits per heavy atom. The molecule has 1 heterocycles. The van der Waals surface area contributed by atoms with Crippen molar-refractivity contribution < 1.29 is 8.42 Å². The van der Waals surface area contributed by atoms with Crippen LogP contribution >= 0.6 is 0 Å². The zero-order chi connectivity index (χ0) is 15.3. The molecule has 1 aromatic carbocycles. The lowest BCUT2D eigenvalue weighted by Crippen LogP contribution is -2.24. The number of H-pyrrole nitrogens is 1. The van der Waals surface area contributed by atoms with Crippen LogP contribution in [-0.4, -0.2) is 35.6 Å². The number of nitrogens with zero attached hydrogens (tertiary/aromatic N) is 3. The van der Waals surface area contributed by atoms with E-state index in [1.165, 1.54) is 6.07 Å². The van der Waals surface area contributed by atoms with Gasteiger partial charge in [0.05, 0.1) is 18.0 Å². The average molecular weight is 306 g/mol. The van der Waals surface area contributed by atoms with Crippen LogP contribution in [0.2, 0.25) is 0 Å². The van der Waals surface area contributed by atoms with Crippen LogP contribution in [0.5, 0.6) is 0 Å². The Kier molecular flexibility index (Phi) is 4.64. The third-order valence-corrected chi connectivity index (χ3v) is 4.17. The molecule has 0 amide bonds. The lowest BCUT2D eigenvalue weighted by molar-refractivity contribution is 0.578. The van der Waals surface area contributed by atoms with Crippen LogP contribution in [-0.2, 0) is 16.6 Å². The maximum absolute atomic E-state index is 12.3. The highest BCUT2D eigenvalue weighted by Crippen LogP contribution is 2.16. The highest BCUT2D eigenvalue weighted by molar-refractivity contribution is 7.89. The van der Waals surface area contributed by atoms with E-state index in [2.05, 4.69) is 37.2 Å². The quantitative estimate of drug-likeness (QED) is 0.641. The molecule has 2 aromatic rings. The van der Waals surface area contributed by atoms with Crippen molar-refractivity contribution in [2.45, 2.75) is 18.4 Å². The number of nitrogens with one attached hydrogen (secondary N) is 2. The van der Waals surface area contributed by atoms with Gasteiger partial charge in [-0.25, -0.2) is 13.1 Å². The fourth-order valence-electron chi connectivity index (χ4n) is 1.62. The normalized spacial score (nSPS) is 11.0. The Balaban J connectivity index is 2.26. The van der Waals surface area contributed by atoms with Crippen LogP contribution in [0.3, 0.4) is 0 Å². The number of tetrazole rings is 1. The lowest BCUT2D eigenvalue weighted by Gasteiger charge is -2.08. The van der Waals surface area contributed by atoms with Gasteiger partial charge in [0.15, 0.2) is 5.82 Å². The van der Waals surface area contributed by atoms with E-state index in [-0.39, 0.29) is 23.8 Å². The molecule has 0 atom stereocenters. The molecule has 0 aliphatic heterocycles. The summed E-state index contributed by atoms with van der Waals surface area (Å²) < 4.78 is 27.0. The zero-order valence-electron chi connectivity index (χ0n) is 11.3. The summed E-state index contributed by atoms with van der Waals surface area (Å²) in [5, 5.41) is 13.0. The molecule has 21 heavy (non-hydrogen) atoms. The standard InChI is InChI=1S/C12H14N6O2S/c1-9-4-5-10(3-2-6-13)7-11(9)21(19,20)14-8-12-15-17-18-16-12/h4-5,7,14H,6,8,13H2,1H3,(H,15,16,17,18). The molecule has 9 heteroatoms. The number of aromatic amines is 1. The van der Waals surface area contributed by atoms with Gasteiger partial charge in [0.25, 0.3) is 0 Å². The first-order valence-electron chi connectivity index (χ1n) is 6.04. The van der Waals surface area contributed by atoms with Gasteiger partial charge in [-0.3, -0.25) is 0 Å². The van der Waals surface area contributed by atoms with Crippen molar-refractivity contribution in [1.29, 1.82) is 0 Å². The third-order valence-electron chi connectivity index (χ3n) is 2.62. The van der Waals surface area contributed by atoms with Gasteiger partial charge >= 0.3 is 0 Å². The van der Waals surface area contributed by atoms with Crippen molar-refractivity contribution in [3.05, 3.63) is 35.2 Å². The molecule has 0 fully saturated rings. The van der Waals surface area contributed by atoms with E-state index in [9.17, 15) is 8.42 Å². The summed E-state index contributed by atoms with van der Waals surface area (Å²) in [5.41, 5.74) is 6.51. The second kappa shape index (κ2) is 6.45. The molecule has 0 radical (unpaired) electrons. The van der Waals surface area contributed by atoms with Crippen LogP contribution in [0.15, 0.2) is 23.1 Å². The lowest BCUT2D eigenvalue weighted by atomic mass is 10.1. The molecule has 0 spiro atoms. The summed E-state index contributed by atoms with van der Waals surface area (Å²) in [4.78, 5) is 0.162. The SMILES string of the molecule is Cc1ccc(C#CCN)cc1S(=O)(=O)NCc1nn[nH]n1. The summed E-state index contributed by atoms with van der Waals surface area (Å²) in [6.45, 7) is 1.88. The Hall–Kier alpha value is -2.28. The zero-order valence-corrected chi connectivity index (χ0v) is 12.1. The average Bonchev–Trinajstić information content (AvgIpc) is 2.97. The molecule has 1 aromatic heterocycles. The van der Waals surface area contributed by atoms with Gasteiger partial charge in [0, 0.05) is 5.56 Å². The van der Waals surface area contributed by atoms with Crippen LogP contribution in [0.4, 0.5) is 0 Å². The van der Waals surface area contributed by atoms with Crippen molar-refractivity contribution >= 4 is 10.0 Å². The van der Waals surface area contributed by atoms with Gasteiger partial charge in [0.1, 0.15) is 0 Å². The molecule has 0 bridgehead atoms. The van der Waals surface area contributed by atoms with Gasteiger partial charge in [0.2, 0.25) is 10.0 Å². The van der Waals surface area contributed by atoms with Crippen LogP contribution in [0.25, 0.3) is 0 Å². The van der Waals surface area contributed by atoms with Crippen molar-refractivity contribution in [3.8, 4) is 11.8 Å². The van der Waals surface area contributed by atoms with E-state index in [0.717, 1.165) is 0 Å². The summed E-state index contributed by atoms with van der Waals surface area (Å²) in [5.74, 6) is 5.75. The minimum Gasteiger partial charge on any atom is -0.320 e. The molecule has 8 nitrogen and oxygen atoms in total. The van der Waals surface area contributed by atoms with E-state index in [4.69, 9.17) is 5.73 Å². The highest BCUT2D eigenvalue weighted by atomic mass is 32.2. The number of nitrogens with two attached hydrogens (primary N) is 1. The number of aromatic nitrogens is 4. The van der Waals surface area contributed by atoms with Crippen molar-refractivity contribution in [3.63, 3.8) is 0 Å². The number of rotatable bonds is 4. The first-order chi connectivity index (χ1) is 10.0. The Bertz CT molecular complexity index is 774. The molecule has 2 rings (SSSR count). The molecule has 0 unspecified atom stereocenters. The molecular formula is C12H14N6O2S. The van der Waals surface area contributed by atoms with Gasteiger partial charge in [-0.15, -0.1) is 10.2 Å². The summed E-state index contributed by atoms with van der Waals surface area (Å²) in [6.07, 6.45) is 0. The molecule has 0 saturated carbocycles. The van der Waals surface area contributed by atoms with E-state index in [1.54, 1.807) is 19.1 Å². The summed E-state index contributed by atoms with van der Waals surface area (Å²) in [7, 11) is -3.69. The maximum Gasteiger partial charge on any atom is 0.241 e. The second-order valence-corrected chi connectivity index (χ2v) is 5.87. The van der Waals surface area contributed by atoms with Crippen LogP contribution in [0.1, 0.15) is 17.0 Å². The van der Waals surface area contributed by atoms with Crippen LogP contribution < -0.4 is 10.5 Å². The van der Waals surface area contributed by atoms with E-state index in [0.29, 0.717) is 11.1 Å². The van der Waals surface area contributed by atoms with Gasteiger partial charge in [-0.05, 0) is 24.6 Å². The number of sulfonamides is 1. The molecule has 110 valence electrons. The van der Waals surface area contributed by atoms with Crippen LogP contribution in [0, 0.1) is 18.8 Å². The van der Waals surface area contributed by atoms with Crippen molar-refractivity contribution in [1.82, 2.24) is 25.3 Å². The number of benzene rings is 1. The fourth-order valence-corrected chi connectivity index (χ4v) is 2.86. The van der Waals surface area contributed by atoms with E-state index < -0.39 is 10.0 Å². The molecule has 0 aliphatic carbocycles. The molecule has 4 N–H and O–H groups in total. The molecule has 0 aliphatic rings. The summed E-state index contributed by atoms with van der Waals surface area (Å²) >= 11 is 0. The first kappa shape index (κ1) is 15.1. The van der Waals surface area contributed by atoms with E-state index >= 15 is 0 Å². The summed E-state index contributed by atoms with van der Waals surface area (Å²) in [6, 6.07) is 4.95. The van der Waals surface area contributed by atoms with E-state index in [1.807, 2.05) is 0 Å². The smallest absolute Gasteiger partial charge is 0.241 e. The fraction of sp³-hybridized carbons (Fsp3) is 0.250. The minimum absolute atomic E-state index is 0.0447.